The van der Waals surface area contributed by atoms with Gasteiger partial charge in [0.25, 0.3) is 5.56 Å². The minimum Gasteiger partial charge on any atom is -0.495 e. The Bertz CT molecular complexity index is 1870. The van der Waals surface area contributed by atoms with Gasteiger partial charge in [-0.3, -0.25) is 4.79 Å². The van der Waals surface area contributed by atoms with E-state index in [1.807, 2.05) is 42.5 Å². The number of hydrogen-bond donors (Lipinski definition) is 1. The summed E-state index contributed by atoms with van der Waals surface area (Å²) in [6.45, 7) is 2.07. The molecule has 3 aromatic carbocycles. The van der Waals surface area contributed by atoms with Gasteiger partial charge in [0, 0.05) is 10.9 Å². The van der Waals surface area contributed by atoms with E-state index in [0.29, 0.717) is 26.4 Å². The maximum absolute atomic E-state index is 13.8. The normalized spacial score (nSPS) is 11.3. The predicted molar refractivity (Wildman–Crippen MR) is 150 cm³/mol. The van der Waals surface area contributed by atoms with E-state index in [4.69, 9.17) is 21.9 Å². The van der Waals surface area contributed by atoms with Crippen LogP contribution >= 0.6 is 23.6 Å². The summed E-state index contributed by atoms with van der Waals surface area (Å²) in [5.41, 5.74) is 6.23. The summed E-state index contributed by atoms with van der Waals surface area (Å²) >= 11 is 7.07. The average molecular weight is 508 g/mol. The number of benzene rings is 3. The second kappa shape index (κ2) is 8.86. The van der Waals surface area contributed by atoms with Gasteiger partial charge in [-0.05, 0) is 48.5 Å². The van der Waals surface area contributed by atoms with E-state index in [2.05, 4.69) is 54.4 Å². The summed E-state index contributed by atoms with van der Waals surface area (Å²) in [6, 6.07) is 27.9. The molecule has 7 heteroatoms. The lowest BCUT2D eigenvalue weighted by molar-refractivity contribution is 0.412. The van der Waals surface area contributed by atoms with Crippen molar-refractivity contribution < 1.29 is 4.74 Å². The summed E-state index contributed by atoms with van der Waals surface area (Å²) in [6.07, 6.45) is 0. The molecule has 0 saturated carbocycles. The largest absolute Gasteiger partial charge is 0.495 e. The predicted octanol–water partition coefficient (Wildman–Crippen LogP) is 7.31. The maximum atomic E-state index is 13.8. The van der Waals surface area contributed by atoms with Gasteiger partial charge in [-0.2, -0.15) is 0 Å². The number of aromatic nitrogens is 3. The zero-order valence-corrected chi connectivity index (χ0v) is 21.2. The van der Waals surface area contributed by atoms with Crippen LogP contribution in [-0.4, -0.2) is 21.6 Å². The third-order valence-electron chi connectivity index (χ3n) is 6.25. The van der Waals surface area contributed by atoms with E-state index in [1.54, 1.807) is 7.11 Å². The molecule has 0 unspecified atom stereocenters. The Morgan fingerprint density at radius 1 is 0.944 bits per heavy atom. The van der Waals surface area contributed by atoms with E-state index in [0.717, 1.165) is 32.6 Å². The van der Waals surface area contributed by atoms with E-state index >= 15 is 0 Å². The molecule has 0 radical (unpaired) electrons. The van der Waals surface area contributed by atoms with Crippen LogP contribution in [0.2, 0.25) is 0 Å². The lowest BCUT2D eigenvalue weighted by Gasteiger charge is -2.11. The number of fused-ring (bicyclic) bond motifs is 3. The molecule has 3 heterocycles. The molecule has 0 aliphatic carbocycles. The maximum Gasteiger partial charge on any atom is 0.277 e. The molecule has 0 saturated heterocycles. The van der Waals surface area contributed by atoms with Crippen LogP contribution in [0.25, 0.3) is 48.5 Å². The van der Waals surface area contributed by atoms with Crippen molar-refractivity contribution in [3.8, 4) is 33.8 Å². The number of hydrogen-bond acceptors (Lipinski definition) is 5. The smallest absolute Gasteiger partial charge is 0.277 e. The van der Waals surface area contributed by atoms with Gasteiger partial charge >= 0.3 is 0 Å². The van der Waals surface area contributed by atoms with Crippen molar-refractivity contribution in [2.24, 2.45) is 0 Å². The van der Waals surface area contributed by atoms with Gasteiger partial charge in [-0.15, -0.1) is 11.3 Å². The molecular formula is C29H21N3O2S2. The third kappa shape index (κ3) is 3.64. The van der Waals surface area contributed by atoms with Gasteiger partial charge in [-0.1, -0.05) is 72.3 Å². The standard InChI is InChI=1S/C29H21N3O2S2/c1-17-12-14-19(15-13-17)21-16-20(18-8-4-3-5-9-18)24-25-26(36-27(24)30-21)28(33)32(29(35)31-25)22-10-6-7-11-23(22)34-2/h3-16H,1-2H3,(H,31,35). The van der Waals surface area contributed by atoms with Crippen LogP contribution in [0.3, 0.4) is 0 Å². The Kier molecular flexibility index (Phi) is 5.51. The monoisotopic (exact) mass is 507 g/mol. The highest BCUT2D eigenvalue weighted by Crippen LogP contribution is 2.39. The number of methoxy groups -OCH3 is 1. The first-order chi connectivity index (χ1) is 17.5. The summed E-state index contributed by atoms with van der Waals surface area (Å²) in [5, 5.41) is 0.896. The Balaban J connectivity index is 1.71. The molecular weight excluding hydrogens is 486 g/mol. The van der Waals surface area contributed by atoms with Gasteiger partial charge < -0.3 is 9.72 Å². The summed E-state index contributed by atoms with van der Waals surface area (Å²) in [7, 11) is 1.58. The Hall–Kier alpha value is -4.07. The first-order valence-corrected chi connectivity index (χ1v) is 12.7. The van der Waals surface area contributed by atoms with E-state index in [-0.39, 0.29) is 5.56 Å². The lowest BCUT2D eigenvalue weighted by atomic mass is 9.99. The minimum absolute atomic E-state index is 0.197. The Morgan fingerprint density at radius 2 is 1.67 bits per heavy atom. The molecule has 6 rings (SSSR count). The number of pyridine rings is 1. The fraction of sp³-hybridized carbons (Fsp3) is 0.0690. The van der Waals surface area contributed by atoms with Crippen LogP contribution in [0.4, 0.5) is 0 Å². The fourth-order valence-corrected chi connectivity index (χ4v) is 5.84. The Morgan fingerprint density at radius 3 is 2.42 bits per heavy atom. The molecule has 0 spiro atoms. The quantitative estimate of drug-likeness (QED) is 0.254. The van der Waals surface area contributed by atoms with Crippen molar-refractivity contribution in [1.82, 2.24) is 14.5 Å². The number of nitrogens with one attached hydrogen (secondary N) is 1. The first-order valence-electron chi connectivity index (χ1n) is 11.4. The van der Waals surface area contributed by atoms with Crippen molar-refractivity contribution >= 4 is 44.0 Å². The fourth-order valence-electron chi connectivity index (χ4n) is 4.48. The molecule has 0 aliphatic rings. The van der Waals surface area contributed by atoms with Gasteiger partial charge in [0.2, 0.25) is 0 Å². The molecule has 36 heavy (non-hydrogen) atoms. The van der Waals surface area contributed by atoms with Crippen LogP contribution in [0.5, 0.6) is 5.75 Å². The molecule has 0 atom stereocenters. The van der Waals surface area contributed by atoms with E-state index in [1.165, 1.54) is 21.5 Å². The highest BCUT2D eigenvalue weighted by Gasteiger charge is 2.20. The Labute approximate surface area is 216 Å². The van der Waals surface area contributed by atoms with Crippen LogP contribution < -0.4 is 10.3 Å². The molecule has 0 amide bonds. The van der Waals surface area contributed by atoms with Crippen molar-refractivity contribution in [3.63, 3.8) is 0 Å². The number of H-pyrrole nitrogens is 1. The van der Waals surface area contributed by atoms with Crippen molar-refractivity contribution in [3.05, 3.63) is 106 Å². The minimum atomic E-state index is -0.197. The average Bonchev–Trinajstić information content (AvgIpc) is 3.28. The van der Waals surface area contributed by atoms with Gasteiger partial charge in [0.05, 0.1) is 24.0 Å². The number of para-hydroxylation sites is 2. The summed E-state index contributed by atoms with van der Waals surface area (Å²) in [4.78, 5) is 22.9. The summed E-state index contributed by atoms with van der Waals surface area (Å²) in [5.74, 6) is 0.573. The zero-order valence-electron chi connectivity index (χ0n) is 19.6. The third-order valence-corrected chi connectivity index (χ3v) is 7.61. The topological polar surface area (TPSA) is 59.9 Å². The number of aromatic amines is 1. The van der Waals surface area contributed by atoms with Crippen molar-refractivity contribution in [2.75, 3.05) is 7.11 Å². The lowest BCUT2D eigenvalue weighted by Crippen LogP contribution is -2.20. The summed E-state index contributed by atoms with van der Waals surface area (Å²) < 4.78 is 7.87. The zero-order chi connectivity index (χ0) is 24.8. The van der Waals surface area contributed by atoms with Crippen LogP contribution in [0, 0.1) is 11.7 Å². The van der Waals surface area contributed by atoms with Crippen LogP contribution in [-0.2, 0) is 0 Å². The molecule has 0 aliphatic heterocycles. The molecule has 1 N–H and O–H groups in total. The van der Waals surface area contributed by atoms with Crippen molar-refractivity contribution in [1.29, 1.82) is 0 Å². The van der Waals surface area contributed by atoms with Crippen LogP contribution in [0.1, 0.15) is 5.56 Å². The molecule has 176 valence electrons. The number of nitrogens with zero attached hydrogens (tertiary/aromatic N) is 2. The SMILES string of the molecule is COc1ccccc1-n1c(=S)[nH]c2c(sc3nc(-c4ccc(C)cc4)cc(-c4ccccc4)c32)c1=O. The first kappa shape index (κ1) is 22.4. The molecule has 3 aromatic heterocycles. The van der Waals surface area contributed by atoms with Crippen molar-refractivity contribution in [2.45, 2.75) is 6.92 Å². The molecule has 6 aromatic rings. The molecule has 0 bridgehead atoms. The number of thiophene rings is 1. The van der Waals surface area contributed by atoms with Gasteiger partial charge in [0.15, 0.2) is 4.77 Å². The van der Waals surface area contributed by atoms with Gasteiger partial charge in [-0.25, -0.2) is 9.55 Å². The number of aryl methyl sites for hydroxylation is 1. The number of rotatable bonds is 4. The molecule has 0 fully saturated rings. The van der Waals surface area contributed by atoms with Gasteiger partial charge in [0.1, 0.15) is 15.3 Å². The van der Waals surface area contributed by atoms with E-state index in [9.17, 15) is 4.79 Å². The highest BCUT2D eigenvalue weighted by molar-refractivity contribution is 7.71. The molecule has 5 nitrogen and oxygen atoms in total. The second-order valence-electron chi connectivity index (χ2n) is 8.52. The second-order valence-corrected chi connectivity index (χ2v) is 9.90. The van der Waals surface area contributed by atoms with E-state index < -0.39 is 0 Å². The highest BCUT2D eigenvalue weighted by atomic mass is 32.1. The van der Waals surface area contributed by atoms with Crippen LogP contribution in [0.15, 0.2) is 89.7 Å². The number of ether oxygens (including phenoxy) is 1.